The van der Waals surface area contributed by atoms with Gasteiger partial charge in [-0.15, -0.1) is 0 Å². The van der Waals surface area contributed by atoms with E-state index in [0.29, 0.717) is 6.54 Å². The molecule has 0 bridgehead atoms. The van der Waals surface area contributed by atoms with Crippen LogP contribution in [0.15, 0.2) is 0 Å². The summed E-state index contributed by atoms with van der Waals surface area (Å²) in [6.07, 6.45) is 0.749. The molecule has 0 aromatic rings. The van der Waals surface area contributed by atoms with Gasteiger partial charge in [-0.2, -0.15) is 0 Å². The zero-order valence-electron chi connectivity index (χ0n) is 9.45. The Balaban J connectivity index is 4.70. The molecule has 86 valence electrons. The van der Waals surface area contributed by atoms with E-state index >= 15 is 0 Å². The van der Waals surface area contributed by atoms with Crippen molar-refractivity contribution in [3.05, 3.63) is 0 Å². The number of hydrogen-bond acceptors (Lipinski definition) is 5. The summed E-state index contributed by atoms with van der Waals surface area (Å²) in [7, 11) is 2.13. The van der Waals surface area contributed by atoms with Crippen LogP contribution in [0.2, 0.25) is 5.54 Å². The molecule has 0 saturated carbocycles. The molecule has 6 heteroatoms. The highest BCUT2D eigenvalue weighted by atomic mass is 28.4. The Kier molecular flexibility index (Phi) is 6.50. The molecule has 5 nitrogen and oxygen atoms in total. The van der Waals surface area contributed by atoms with Crippen LogP contribution in [0.1, 0.15) is 13.3 Å². The molecule has 0 heterocycles. The zero-order chi connectivity index (χ0) is 11.2. The fourth-order valence-electron chi connectivity index (χ4n) is 1.65. The maximum absolute atomic E-state index is 5.87. The predicted molar refractivity (Wildman–Crippen MR) is 57.9 cm³/mol. The van der Waals surface area contributed by atoms with Crippen LogP contribution in [-0.4, -0.2) is 42.7 Å². The lowest BCUT2D eigenvalue weighted by molar-refractivity contribution is 0.106. The quantitative estimate of drug-likeness (QED) is 0.590. The van der Waals surface area contributed by atoms with E-state index in [1.165, 1.54) is 0 Å². The van der Waals surface area contributed by atoms with Crippen molar-refractivity contribution in [2.75, 3.05) is 27.9 Å². The second-order valence-electron chi connectivity index (χ2n) is 3.26. The molecule has 4 N–H and O–H groups in total. The van der Waals surface area contributed by atoms with Crippen molar-refractivity contribution in [1.82, 2.24) is 0 Å². The van der Waals surface area contributed by atoms with Crippen molar-refractivity contribution >= 4 is 8.80 Å². The first kappa shape index (κ1) is 14.0. The molecule has 0 aromatic heterocycles. The van der Waals surface area contributed by atoms with Crippen LogP contribution >= 0.6 is 0 Å². The van der Waals surface area contributed by atoms with Crippen molar-refractivity contribution in [3.8, 4) is 0 Å². The second-order valence-corrected chi connectivity index (χ2v) is 6.43. The summed E-state index contributed by atoms with van der Waals surface area (Å²) >= 11 is 0. The second kappa shape index (κ2) is 6.49. The van der Waals surface area contributed by atoms with Crippen molar-refractivity contribution in [3.63, 3.8) is 0 Å². The van der Waals surface area contributed by atoms with E-state index in [1.807, 2.05) is 6.92 Å². The minimum atomic E-state index is -2.64. The molecule has 14 heavy (non-hydrogen) atoms. The van der Waals surface area contributed by atoms with E-state index in [0.717, 1.165) is 6.42 Å². The summed E-state index contributed by atoms with van der Waals surface area (Å²) in [5.74, 6) is 0. The van der Waals surface area contributed by atoms with Crippen LogP contribution in [0.4, 0.5) is 0 Å². The lowest BCUT2D eigenvalue weighted by Gasteiger charge is -2.34. The van der Waals surface area contributed by atoms with E-state index in [9.17, 15) is 0 Å². The Morgan fingerprint density at radius 2 is 1.57 bits per heavy atom. The van der Waals surface area contributed by atoms with Crippen molar-refractivity contribution in [1.29, 1.82) is 0 Å². The first-order valence-electron chi connectivity index (χ1n) is 4.69. The molecule has 2 atom stereocenters. The molecule has 0 aromatic carbocycles. The molecular formula is C8H22N2O3Si. The summed E-state index contributed by atoms with van der Waals surface area (Å²) in [6.45, 7) is 2.47. The lowest BCUT2D eigenvalue weighted by Crippen LogP contribution is -2.53. The summed E-state index contributed by atoms with van der Waals surface area (Å²) < 4.78 is 16.1. The summed E-state index contributed by atoms with van der Waals surface area (Å²) in [6, 6.07) is -0.0509. The summed E-state index contributed by atoms with van der Waals surface area (Å²) in [4.78, 5) is 0. The maximum atomic E-state index is 5.87. The minimum absolute atomic E-state index is 0.0486. The standard InChI is InChI=1S/C8H22N2O3Si/c1-7(10)8(5-6-9)14(11-2,12-3)13-4/h7-8H,5-6,9-10H2,1-4H3/t7-,8?/m1/s1. The fraction of sp³-hybridized carbons (Fsp3) is 1.00. The largest absolute Gasteiger partial charge is 0.505 e. The van der Waals surface area contributed by atoms with E-state index in [-0.39, 0.29) is 11.6 Å². The molecule has 0 fully saturated rings. The van der Waals surface area contributed by atoms with Crippen molar-refractivity contribution < 1.29 is 13.3 Å². The average molecular weight is 222 g/mol. The zero-order valence-corrected chi connectivity index (χ0v) is 10.4. The lowest BCUT2D eigenvalue weighted by atomic mass is 10.2. The van der Waals surface area contributed by atoms with Gasteiger partial charge >= 0.3 is 8.80 Å². The third kappa shape index (κ3) is 3.01. The average Bonchev–Trinajstić information content (AvgIpc) is 2.19. The van der Waals surface area contributed by atoms with Crippen LogP contribution in [0.3, 0.4) is 0 Å². The topological polar surface area (TPSA) is 79.7 Å². The molecule has 0 aliphatic carbocycles. The van der Waals surface area contributed by atoms with Gasteiger partial charge in [0.1, 0.15) is 0 Å². The number of hydrogen-bond donors (Lipinski definition) is 2. The smallest absolute Gasteiger partial charge is 0.377 e. The van der Waals surface area contributed by atoms with Gasteiger partial charge in [-0.1, -0.05) is 0 Å². The van der Waals surface area contributed by atoms with Crippen molar-refractivity contribution in [2.24, 2.45) is 11.5 Å². The van der Waals surface area contributed by atoms with Gasteiger partial charge in [0.15, 0.2) is 0 Å². The van der Waals surface area contributed by atoms with Crippen LogP contribution < -0.4 is 11.5 Å². The first-order valence-corrected chi connectivity index (χ1v) is 6.49. The van der Waals surface area contributed by atoms with Gasteiger partial charge in [-0.25, -0.2) is 0 Å². The third-order valence-corrected chi connectivity index (χ3v) is 5.85. The Morgan fingerprint density at radius 3 is 1.79 bits per heavy atom. The molecule has 0 radical (unpaired) electrons. The molecule has 0 spiro atoms. The molecule has 0 amide bonds. The van der Waals surface area contributed by atoms with Gasteiger partial charge in [0, 0.05) is 32.9 Å². The minimum Gasteiger partial charge on any atom is -0.377 e. The Hall–Kier alpha value is 0.0169. The van der Waals surface area contributed by atoms with Gasteiger partial charge in [-0.05, 0) is 19.9 Å². The molecule has 0 aliphatic heterocycles. The third-order valence-electron chi connectivity index (χ3n) is 2.42. The van der Waals surface area contributed by atoms with E-state index in [2.05, 4.69) is 0 Å². The van der Waals surface area contributed by atoms with Gasteiger partial charge in [0.05, 0.1) is 0 Å². The summed E-state index contributed by atoms with van der Waals surface area (Å²) in [5, 5.41) is 0. The molecule has 0 aliphatic rings. The highest BCUT2D eigenvalue weighted by Gasteiger charge is 2.48. The Bertz CT molecular complexity index is 145. The highest BCUT2D eigenvalue weighted by Crippen LogP contribution is 2.29. The highest BCUT2D eigenvalue weighted by molar-refractivity contribution is 6.62. The van der Waals surface area contributed by atoms with Crippen LogP contribution in [0, 0.1) is 0 Å². The van der Waals surface area contributed by atoms with E-state index < -0.39 is 8.80 Å². The van der Waals surface area contributed by atoms with Crippen LogP contribution in [0.25, 0.3) is 0 Å². The molecule has 0 saturated heterocycles. The first-order chi connectivity index (χ1) is 6.57. The maximum Gasteiger partial charge on any atom is 0.505 e. The van der Waals surface area contributed by atoms with Crippen molar-refractivity contribution in [2.45, 2.75) is 24.9 Å². The molecule has 0 rings (SSSR count). The monoisotopic (exact) mass is 222 g/mol. The fourth-order valence-corrected chi connectivity index (χ4v) is 4.22. The molecular weight excluding hydrogens is 200 g/mol. The van der Waals surface area contributed by atoms with Gasteiger partial charge < -0.3 is 24.7 Å². The van der Waals surface area contributed by atoms with Crippen LogP contribution in [-0.2, 0) is 13.3 Å². The van der Waals surface area contributed by atoms with E-state index in [1.54, 1.807) is 21.3 Å². The van der Waals surface area contributed by atoms with Gasteiger partial charge in [-0.3, -0.25) is 0 Å². The Morgan fingerprint density at radius 1 is 1.14 bits per heavy atom. The van der Waals surface area contributed by atoms with Gasteiger partial charge in [0.2, 0.25) is 0 Å². The SMILES string of the molecule is CO[Si](OC)(OC)C(CCN)[C@@H](C)N. The number of nitrogens with two attached hydrogens (primary N) is 2. The molecule has 1 unspecified atom stereocenters. The predicted octanol–water partition coefficient (Wildman–Crippen LogP) is -0.0693. The van der Waals surface area contributed by atoms with E-state index in [4.69, 9.17) is 24.7 Å². The van der Waals surface area contributed by atoms with Gasteiger partial charge in [0.25, 0.3) is 0 Å². The summed E-state index contributed by atoms with van der Waals surface area (Å²) in [5.41, 5.74) is 11.5. The number of rotatable bonds is 7. The van der Waals surface area contributed by atoms with Crippen LogP contribution in [0.5, 0.6) is 0 Å². The normalized spacial score (nSPS) is 16.7. The Labute approximate surface area is 87.1 Å².